The summed E-state index contributed by atoms with van der Waals surface area (Å²) in [4.78, 5) is 0. The van der Waals surface area contributed by atoms with Crippen molar-refractivity contribution in [3.8, 4) is 0 Å². The van der Waals surface area contributed by atoms with E-state index in [2.05, 4.69) is 36.4 Å². The smallest absolute Gasteiger partial charge is 0.128 e. The van der Waals surface area contributed by atoms with E-state index >= 15 is 0 Å². The van der Waals surface area contributed by atoms with Crippen molar-refractivity contribution in [3.05, 3.63) is 108 Å². The maximum Gasteiger partial charge on any atom is 0.128 e. The second-order valence-corrected chi connectivity index (χ2v) is 4.95. The third-order valence-corrected chi connectivity index (χ3v) is 3.43. The number of benzene rings is 1. The van der Waals surface area contributed by atoms with Crippen LogP contribution in [0.5, 0.6) is 0 Å². The molecule has 0 unspecified atom stereocenters. The maximum absolute atomic E-state index is 5.93. The summed E-state index contributed by atoms with van der Waals surface area (Å²) in [5.74, 6) is 0.927. The van der Waals surface area contributed by atoms with Crippen LogP contribution in [0, 0.1) is 0 Å². The molecule has 0 atom stereocenters. The Bertz CT molecular complexity index is 737. The zero-order chi connectivity index (χ0) is 15.0. The lowest BCUT2D eigenvalue weighted by atomic mass is 10.1. The van der Waals surface area contributed by atoms with E-state index in [4.69, 9.17) is 4.74 Å². The molecule has 22 heavy (non-hydrogen) atoms. The first-order chi connectivity index (χ1) is 10.9. The Morgan fingerprint density at radius 3 is 2.23 bits per heavy atom. The number of allylic oxidation sites excluding steroid dienone is 11. The Labute approximate surface area is 131 Å². The number of fused-ring (bicyclic) bond motifs is 3. The summed E-state index contributed by atoms with van der Waals surface area (Å²) in [5, 5.41) is 0. The van der Waals surface area contributed by atoms with Gasteiger partial charge >= 0.3 is 0 Å². The molecule has 0 N–H and O–H groups in total. The number of hydrogen-bond donors (Lipinski definition) is 0. The number of ether oxygens (including phenoxy) is 1. The van der Waals surface area contributed by atoms with Crippen LogP contribution in [0.4, 0.5) is 0 Å². The van der Waals surface area contributed by atoms with Crippen LogP contribution in [0.25, 0.3) is 11.6 Å². The summed E-state index contributed by atoms with van der Waals surface area (Å²) in [6.45, 7) is 0.563. The number of hydrogen-bond acceptors (Lipinski definition) is 1. The highest BCUT2D eigenvalue weighted by molar-refractivity contribution is 5.93. The Hall–Kier alpha value is -2.80. The van der Waals surface area contributed by atoms with E-state index in [9.17, 15) is 0 Å². The van der Waals surface area contributed by atoms with Gasteiger partial charge in [0.25, 0.3) is 0 Å². The molecule has 1 heterocycles. The molecule has 0 fully saturated rings. The minimum Gasteiger partial charge on any atom is -0.489 e. The molecular formula is C21H18O. The lowest BCUT2D eigenvalue weighted by molar-refractivity contribution is 0.269. The molecule has 1 aliphatic heterocycles. The number of rotatable bonds is 0. The average molecular weight is 286 g/mol. The highest BCUT2D eigenvalue weighted by atomic mass is 16.5. The van der Waals surface area contributed by atoms with Crippen molar-refractivity contribution in [2.75, 3.05) is 6.61 Å². The van der Waals surface area contributed by atoms with Gasteiger partial charge in [0.1, 0.15) is 12.4 Å². The summed E-state index contributed by atoms with van der Waals surface area (Å²) in [5.41, 5.74) is 3.56. The van der Waals surface area contributed by atoms with Crippen LogP contribution in [0.15, 0.2) is 96.9 Å². The van der Waals surface area contributed by atoms with Crippen molar-refractivity contribution in [3.63, 3.8) is 0 Å². The standard InChI is InChI=1S/C21H18O/c1-2-4-6-8-12-16-22-21-17-18-13-10-11-14-19(18)20(21)15-9-7-5-3-1/h1-15,17H,16H2/b2-1-,5-3-,6-4-,9-7-,12-8-,20-15-. The molecule has 0 amide bonds. The molecule has 1 heteroatoms. The topological polar surface area (TPSA) is 9.23 Å². The zero-order valence-electron chi connectivity index (χ0n) is 12.4. The molecule has 0 aromatic heterocycles. The van der Waals surface area contributed by atoms with Gasteiger partial charge in [0, 0.05) is 5.57 Å². The Balaban J connectivity index is 1.92. The molecule has 0 bridgehead atoms. The summed E-state index contributed by atoms with van der Waals surface area (Å²) >= 11 is 0. The first-order valence-corrected chi connectivity index (χ1v) is 7.43. The zero-order valence-corrected chi connectivity index (χ0v) is 12.4. The van der Waals surface area contributed by atoms with E-state index < -0.39 is 0 Å². The van der Waals surface area contributed by atoms with Crippen molar-refractivity contribution in [1.29, 1.82) is 0 Å². The van der Waals surface area contributed by atoms with E-state index in [1.165, 1.54) is 11.1 Å². The predicted molar refractivity (Wildman–Crippen MR) is 94.0 cm³/mol. The van der Waals surface area contributed by atoms with Gasteiger partial charge in [-0.3, -0.25) is 0 Å². The third-order valence-electron chi connectivity index (χ3n) is 3.43. The van der Waals surface area contributed by atoms with E-state index in [0.29, 0.717) is 6.61 Å². The van der Waals surface area contributed by atoms with E-state index in [-0.39, 0.29) is 0 Å². The molecule has 2 aliphatic rings. The van der Waals surface area contributed by atoms with Crippen molar-refractivity contribution in [2.24, 2.45) is 0 Å². The molecule has 0 spiro atoms. The Kier molecular flexibility index (Phi) is 4.68. The minimum atomic E-state index is 0.563. The summed E-state index contributed by atoms with van der Waals surface area (Å²) < 4.78 is 5.93. The summed E-state index contributed by atoms with van der Waals surface area (Å²) in [6.07, 6.45) is 24.3. The van der Waals surface area contributed by atoms with Crippen LogP contribution in [-0.4, -0.2) is 6.61 Å². The molecule has 1 nitrogen and oxygen atoms in total. The lowest BCUT2D eigenvalue weighted by Gasteiger charge is -2.07. The molecule has 0 saturated heterocycles. The Morgan fingerprint density at radius 1 is 0.727 bits per heavy atom. The molecule has 1 aliphatic carbocycles. The highest BCUT2D eigenvalue weighted by Crippen LogP contribution is 2.35. The fraction of sp³-hybridized carbons (Fsp3) is 0.0476. The largest absolute Gasteiger partial charge is 0.489 e. The van der Waals surface area contributed by atoms with Gasteiger partial charge in [-0.15, -0.1) is 0 Å². The first-order valence-electron chi connectivity index (χ1n) is 7.43. The summed E-state index contributed by atoms with van der Waals surface area (Å²) in [6, 6.07) is 8.36. The van der Waals surface area contributed by atoms with Crippen LogP contribution in [0.2, 0.25) is 0 Å². The van der Waals surface area contributed by atoms with E-state index in [1.807, 2.05) is 60.8 Å². The van der Waals surface area contributed by atoms with Gasteiger partial charge in [-0.2, -0.15) is 0 Å². The minimum absolute atomic E-state index is 0.563. The molecule has 108 valence electrons. The van der Waals surface area contributed by atoms with Crippen LogP contribution in [-0.2, 0) is 4.74 Å². The van der Waals surface area contributed by atoms with Crippen molar-refractivity contribution in [1.82, 2.24) is 0 Å². The molecule has 1 aromatic rings. The maximum atomic E-state index is 5.93. The second kappa shape index (κ2) is 7.28. The van der Waals surface area contributed by atoms with Gasteiger partial charge in [0.15, 0.2) is 0 Å². The second-order valence-electron chi connectivity index (χ2n) is 4.95. The van der Waals surface area contributed by atoms with E-state index in [1.54, 1.807) is 0 Å². The van der Waals surface area contributed by atoms with Crippen molar-refractivity contribution in [2.45, 2.75) is 0 Å². The van der Waals surface area contributed by atoms with Gasteiger partial charge in [-0.1, -0.05) is 85.0 Å². The van der Waals surface area contributed by atoms with Crippen LogP contribution in [0.1, 0.15) is 11.1 Å². The molecule has 1 aromatic carbocycles. The predicted octanol–water partition coefficient (Wildman–Crippen LogP) is 5.24. The fourth-order valence-corrected chi connectivity index (χ4v) is 2.38. The fourth-order valence-electron chi connectivity index (χ4n) is 2.38. The summed E-state index contributed by atoms with van der Waals surface area (Å²) in [7, 11) is 0. The van der Waals surface area contributed by atoms with Crippen molar-refractivity contribution < 1.29 is 4.74 Å². The lowest BCUT2D eigenvalue weighted by Crippen LogP contribution is -1.92. The Morgan fingerprint density at radius 2 is 1.41 bits per heavy atom. The quantitative estimate of drug-likeness (QED) is 0.634. The molecule has 0 radical (unpaired) electrons. The highest BCUT2D eigenvalue weighted by Gasteiger charge is 2.18. The van der Waals surface area contributed by atoms with Gasteiger partial charge in [-0.05, 0) is 23.3 Å². The van der Waals surface area contributed by atoms with Gasteiger partial charge in [0.05, 0.1) is 0 Å². The average Bonchev–Trinajstić information content (AvgIpc) is 2.88. The third kappa shape index (κ3) is 3.44. The van der Waals surface area contributed by atoms with E-state index in [0.717, 1.165) is 11.3 Å². The van der Waals surface area contributed by atoms with Gasteiger partial charge in [0.2, 0.25) is 0 Å². The van der Waals surface area contributed by atoms with Crippen LogP contribution < -0.4 is 0 Å². The van der Waals surface area contributed by atoms with Gasteiger partial charge < -0.3 is 4.74 Å². The van der Waals surface area contributed by atoms with Gasteiger partial charge in [-0.25, -0.2) is 0 Å². The molecule has 0 saturated carbocycles. The molecule has 3 rings (SSSR count). The normalized spacial score (nSPS) is 26.5. The first kappa shape index (κ1) is 14.2. The van der Waals surface area contributed by atoms with Crippen molar-refractivity contribution >= 4 is 11.6 Å². The van der Waals surface area contributed by atoms with Crippen LogP contribution >= 0.6 is 0 Å². The van der Waals surface area contributed by atoms with Crippen LogP contribution in [0.3, 0.4) is 0 Å². The monoisotopic (exact) mass is 286 g/mol. The molecular weight excluding hydrogens is 268 g/mol. The SMILES string of the molecule is C1=C2OC\C=C/C=C\C=C/C=C\C=C/C=C\2c2ccccc21.